The van der Waals surface area contributed by atoms with Crippen LogP contribution in [0.1, 0.15) is 50.5 Å². The highest BCUT2D eigenvalue weighted by atomic mass is 32.1. The summed E-state index contributed by atoms with van der Waals surface area (Å²) in [5, 5.41) is 0. The average Bonchev–Trinajstić information content (AvgIpc) is 2.73. The van der Waals surface area contributed by atoms with Crippen molar-refractivity contribution < 1.29 is 23.2 Å². The first kappa shape index (κ1) is 20.0. The zero-order valence-corrected chi connectivity index (χ0v) is 16.2. The van der Waals surface area contributed by atoms with Crippen LogP contribution in [0, 0.1) is 5.82 Å². The predicted molar refractivity (Wildman–Crippen MR) is 100 cm³/mol. The lowest BCUT2D eigenvalue weighted by atomic mass is 9.78. The molecule has 7 heteroatoms. The number of rotatable bonds is 5. The van der Waals surface area contributed by atoms with Crippen molar-refractivity contribution in [3.8, 4) is 0 Å². The van der Waals surface area contributed by atoms with Crippen LogP contribution in [0.2, 0.25) is 0 Å². The minimum Gasteiger partial charge on any atom is -0.462 e. The van der Waals surface area contributed by atoms with E-state index in [1.54, 1.807) is 13.0 Å². The highest BCUT2D eigenvalue weighted by molar-refractivity contribution is 7.80. The summed E-state index contributed by atoms with van der Waals surface area (Å²) in [4.78, 5) is 12.1. The van der Waals surface area contributed by atoms with Crippen LogP contribution < -0.4 is 0 Å². The number of hydrogen-bond acceptors (Lipinski definition) is 5. The number of carbonyl (C=O) groups is 1. The Labute approximate surface area is 154 Å². The third kappa shape index (κ3) is 4.27. The first-order valence-electron chi connectivity index (χ1n) is 8.25. The van der Waals surface area contributed by atoms with Crippen LogP contribution in [-0.2, 0) is 14.0 Å². The Morgan fingerprint density at radius 3 is 2.40 bits per heavy atom. The predicted octanol–water partition coefficient (Wildman–Crippen LogP) is 3.95. The van der Waals surface area contributed by atoms with Gasteiger partial charge in [-0.25, -0.2) is 9.18 Å². The molecule has 2 rings (SSSR count). The third-order valence-corrected chi connectivity index (χ3v) is 4.95. The van der Waals surface area contributed by atoms with Crippen LogP contribution >= 0.6 is 12.6 Å². The highest BCUT2D eigenvalue weighted by Crippen LogP contribution is 2.39. The van der Waals surface area contributed by atoms with Gasteiger partial charge in [0.1, 0.15) is 5.82 Å². The van der Waals surface area contributed by atoms with Gasteiger partial charge >= 0.3 is 13.1 Å². The Balaban J connectivity index is 2.40. The van der Waals surface area contributed by atoms with Crippen molar-refractivity contribution >= 4 is 31.8 Å². The number of benzene rings is 1. The van der Waals surface area contributed by atoms with Crippen molar-refractivity contribution in [2.45, 2.75) is 45.8 Å². The Kier molecular flexibility index (Phi) is 6.02. The number of hydrogen-bond donors (Lipinski definition) is 1. The SMILES string of the molecule is CCOC(=O)c1ccc(F)cc1C=C(CS)B1OC(C)(C)C(C)(C)O1. The second-order valence-electron chi connectivity index (χ2n) is 6.92. The quantitative estimate of drug-likeness (QED) is 0.487. The second kappa shape index (κ2) is 7.52. The van der Waals surface area contributed by atoms with Gasteiger partial charge < -0.3 is 14.0 Å². The molecule has 0 bridgehead atoms. The van der Waals surface area contributed by atoms with Crippen molar-refractivity contribution in [1.29, 1.82) is 0 Å². The molecule has 4 nitrogen and oxygen atoms in total. The van der Waals surface area contributed by atoms with Gasteiger partial charge in [0, 0.05) is 5.75 Å². The van der Waals surface area contributed by atoms with E-state index in [4.69, 9.17) is 14.0 Å². The molecule has 0 N–H and O–H groups in total. The molecule has 1 heterocycles. The Bertz CT molecular complexity index is 672. The first-order chi connectivity index (χ1) is 11.6. The zero-order valence-electron chi connectivity index (χ0n) is 15.3. The summed E-state index contributed by atoms with van der Waals surface area (Å²) in [6.07, 6.45) is 1.68. The Morgan fingerprint density at radius 1 is 1.28 bits per heavy atom. The molecular weight excluding hydrogens is 342 g/mol. The van der Waals surface area contributed by atoms with Gasteiger partial charge in [0.25, 0.3) is 0 Å². The molecule has 1 aliphatic rings. The fraction of sp³-hybridized carbons (Fsp3) is 0.500. The molecule has 0 aliphatic carbocycles. The normalized spacial score (nSPS) is 19.2. The lowest BCUT2D eigenvalue weighted by molar-refractivity contribution is 0.00578. The van der Waals surface area contributed by atoms with E-state index in [0.717, 1.165) is 0 Å². The minimum atomic E-state index is -0.610. The van der Waals surface area contributed by atoms with Crippen LogP contribution in [0.3, 0.4) is 0 Å². The molecule has 0 aromatic heterocycles. The van der Waals surface area contributed by atoms with E-state index >= 15 is 0 Å². The van der Waals surface area contributed by atoms with Crippen molar-refractivity contribution in [2.24, 2.45) is 0 Å². The molecule has 0 unspecified atom stereocenters. The molecule has 0 saturated carbocycles. The van der Waals surface area contributed by atoms with Gasteiger partial charge in [-0.3, -0.25) is 0 Å². The van der Waals surface area contributed by atoms with E-state index in [2.05, 4.69) is 12.6 Å². The van der Waals surface area contributed by atoms with Crippen molar-refractivity contribution in [1.82, 2.24) is 0 Å². The smallest absolute Gasteiger partial charge is 0.462 e. The summed E-state index contributed by atoms with van der Waals surface area (Å²) in [5.74, 6) is -0.594. The van der Waals surface area contributed by atoms with Crippen molar-refractivity contribution in [3.63, 3.8) is 0 Å². The summed E-state index contributed by atoms with van der Waals surface area (Å²) >= 11 is 4.35. The van der Waals surface area contributed by atoms with Gasteiger partial charge in [-0.05, 0) is 63.9 Å². The maximum absolute atomic E-state index is 13.7. The van der Waals surface area contributed by atoms with Crippen LogP contribution in [0.4, 0.5) is 4.39 Å². The van der Waals surface area contributed by atoms with Crippen molar-refractivity contribution in [2.75, 3.05) is 12.4 Å². The molecule has 0 amide bonds. The van der Waals surface area contributed by atoms with Gasteiger partial charge in [0.15, 0.2) is 0 Å². The van der Waals surface area contributed by atoms with E-state index in [0.29, 0.717) is 22.4 Å². The highest BCUT2D eigenvalue weighted by Gasteiger charge is 2.52. The lowest BCUT2D eigenvalue weighted by Gasteiger charge is -2.32. The first-order valence-corrected chi connectivity index (χ1v) is 8.88. The Morgan fingerprint density at radius 2 is 1.88 bits per heavy atom. The number of carbonyl (C=O) groups excluding carboxylic acids is 1. The van der Waals surface area contributed by atoms with Crippen molar-refractivity contribution in [3.05, 3.63) is 40.6 Å². The van der Waals surface area contributed by atoms with Crippen LogP contribution in [0.15, 0.2) is 23.7 Å². The largest absolute Gasteiger partial charge is 0.491 e. The van der Waals surface area contributed by atoms with E-state index < -0.39 is 30.1 Å². The molecule has 1 fully saturated rings. The number of halogens is 1. The summed E-state index contributed by atoms with van der Waals surface area (Å²) in [5.41, 5.74) is 0.423. The summed E-state index contributed by atoms with van der Waals surface area (Å²) in [6.45, 7) is 9.78. The summed E-state index contributed by atoms with van der Waals surface area (Å²) in [7, 11) is -0.610. The minimum absolute atomic E-state index is 0.246. The molecular formula is C18H24BFO4S. The summed E-state index contributed by atoms with van der Waals surface area (Å²) in [6, 6.07) is 3.94. The Hall–Kier alpha value is -1.31. The molecule has 136 valence electrons. The molecule has 1 aromatic rings. The van der Waals surface area contributed by atoms with Crippen LogP contribution in [0.5, 0.6) is 0 Å². The summed E-state index contributed by atoms with van der Waals surface area (Å²) < 4.78 is 30.8. The molecule has 1 saturated heterocycles. The zero-order chi connectivity index (χ0) is 18.8. The molecule has 0 radical (unpaired) electrons. The fourth-order valence-electron chi connectivity index (χ4n) is 2.43. The van der Waals surface area contributed by atoms with E-state index in [1.807, 2.05) is 27.7 Å². The standard InChI is InChI=1S/C18H24BFO4S/c1-6-22-16(21)15-8-7-14(20)10-12(15)9-13(11-25)19-23-17(2,3)18(4,5)24-19/h7-10,25H,6,11H2,1-5H3. The van der Waals surface area contributed by atoms with Crippen LogP contribution in [0.25, 0.3) is 6.08 Å². The monoisotopic (exact) mass is 366 g/mol. The maximum atomic E-state index is 13.7. The average molecular weight is 366 g/mol. The molecule has 1 aliphatic heterocycles. The number of ether oxygens (including phenoxy) is 1. The third-order valence-electron chi connectivity index (χ3n) is 4.59. The number of esters is 1. The van der Waals surface area contributed by atoms with Gasteiger partial charge in [-0.2, -0.15) is 12.6 Å². The molecule has 0 spiro atoms. The van der Waals surface area contributed by atoms with Gasteiger partial charge in [-0.15, -0.1) is 0 Å². The fourth-order valence-corrected chi connectivity index (χ4v) is 2.67. The molecule has 1 aromatic carbocycles. The number of thiol groups is 1. The molecule has 0 atom stereocenters. The maximum Gasteiger partial charge on any atom is 0.491 e. The second-order valence-corrected chi connectivity index (χ2v) is 7.23. The molecule has 25 heavy (non-hydrogen) atoms. The lowest BCUT2D eigenvalue weighted by Crippen LogP contribution is -2.41. The van der Waals surface area contributed by atoms with Gasteiger partial charge in [0.05, 0.1) is 23.4 Å². The van der Waals surface area contributed by atoms with Gasteiger partial charge in [0.2, 0.25) is 0 Å². The van der Waals surface area contributed by atoms with E-state index in [-0.39, 0.29) is 6.61 Å². The van der Waals surface area contributed by atoms with E-state index in [9.17, 15) is 9.18 Å². The van der Waals surface area contributed by atoms with Crippen LogP contribution in [-0.4, -0.2) is 36.6 Å². The topological polar surface area (TPSA) is 44.8 Å². The van der Waals surface area contributed by atoms with Gasteiger partial charge in [-0.1, -0.05) is 6.08 Å². The van der Waals surface area contributed by atoms with E-state index in [1.165, 1.54) is 18.2 Å².